The van der Waals surface area contributed by atoms with Gasteiger partial charge in [-0.25, -0.2) is 0 Å². The average molecular weight is 198 g/mol. The highest BCUT2D eigenvalue weighted by molar-refractivity contribution is 6.30. The summed E-state index contributed by atoms with van der Waals surface area (Å²) in [5, 5.41) is 10.1. The van der Waals surface area contributed by atoms with Gasteiger partial charge in [0.1, 0.15) is 5.75 Å². The molecule has 13 heavy (non-hydrogen) atoms. The molecule has 1 aromatic rings. The van der Waals surface area contributed by atoms with Gasteiger partial charge >= 0.3 is 0 Å². The van der Waals surface area contributed by atoms with Crippen molar-refractivity contribution in [2.75, 3.05) is 6.54 Å². The molecule has 1 aliphatic rings. The quantitative estimate of drug-likeness (QED) is 0.723. The lowest BCUT2D eigenvalue weighted by Crippen LogP contribution is -2.04. The van der Waals surface area contributed by atoms with Crippen molar-refractivity contribution in [3.63, 3.8) is 0 Å². The molecule has 0 saturated heterocycles. The smallest absolute Gasteiger partial charge is 0.155 e. The van der Waals surface area contributed by atoms with Crippen molar-refractivity contribution < 1.29 is 9.94 Å². The van der Waals surface area contributed by atoms with Gasteiger partial charge in [0.15, 0.2) is 5.76 Å². The van der Waals surface area contributed by atoms with E-state index >= 15 is 0 Å². The van der Waals surface area contributed by atoms with Crippen molar-refractivity contribution >= 4 is 17.4 Å². The number of aromatic hydroxyl groups is 1. The maximum absolute atomic E-state index is 9.49. The Balaban J connectivity index is 2.43. The van der Waals surface area contributed by atoms with Crippen LogP contribution < -0.4 is 5.48 Å². The number of benzene rings is 1. The van der Waals surface area contributed by atoms with Crippen LogP contribution in [0.1, 0.15) is 5.56 Å². The van der Waals surface area contributed by atoms with Crippen molar-refractivity contribution in [1.29, 1.82) is 0 Å². The zero-order valence-electron chi connectivity index (χ0n) is 6.75. The molecule has 3 nitrogen and oxygen atoms in total. The van der Waals surface area contributed by atoms with Crippen LogP contribution in [0.25, 0.3) is 5.76 Å². The van der Waals surface area contributed by atoms with Crippen LogP contribution in [0.4, 0.5) is 0 Å². The van der Waals surface area contributed by atoms with Gasteiger partial charge in [0, 0.05) is 5.02 Å². The van der Waals surface area contributed by atoms with Crippen LogP contribution in [0.5, 0.6) is 5.75 Å². The Labute approximate surface area is 80.5 Å². The third kappa shape index (κ3) is 1.61. The fourth-order valence-electron chi connectivity index (χ4n) is 1.17. The first-order valence-electron chi connectivity index (χ1n) is 3.86. The van der Waals surface area contributed by atoms with E-state index in [4.69, 9.17) is 16.4 Å². The van der Waals surface area contributed by atoms with E-state index in [1.807, 2.05) is 6.08 Å². The highest BCUT2D eigenvalue weighted by Crippen LogP contribution is 2.29. The Morgan fingerprint density at radius 3 is 3.00 bits per heavy atom. The van der Waals surface area contributed by atoms with Crippen molar-refractivity contribution in [2.24, 2.45) is 0 Å². The topological polar surface area (TPSA) is 41.5 Å². The first-order valence-corrected chi connectivity index (χ1v) is 4.24. The molecule has 0 fully saturated rings. The van der Waals surface area contributed by atoms with Gasteiger partial charge in [-0.15, -0.1) is 0 Å². The lowest BCUT2D eigenvalue weighted by molar-refractivity contribution is 0.190. The fourth-order valence-corrected chi connectivity index (χ4v) is 1.34. The molecule has 68 valence electrons. The standard InChI is InChI=1S/C9H8ClNO2/c10-6-1-2-8(12)7(5-6)9-3-4-11-13-9/h1-3,5,11-12H,4H2. The number of phenols is 1. The highest BCUT2D eigenvalue weighted by atomic mass is 35.5. The number of hydrogen-bond donors (Lipinski definition) is 2. The monoisotopic (exact) mass is 197 g/mol. The molecule has 0 aliphatic carbocycles. The second kappa shape index (κ2) is 3.28. The molecule has 0 amide bonds. The summed E-state index contributed by atoms with van der Waals surface area (Å²) in [4.78, 5) is 5.07. The Hall–Kier alpha value is -1.19. The van der Waals surface area contributed by atoms with Gasteiger partial charge in [-0.3, -0.25) is 0 Å². The second-order valence-electron chi connectivity index (χ2n) is 2.68. The summed E-state index contributed by atoms with van der Waals surface area (Å²) in [6, 6.07) is 4.83. The van der Waals surface area contributed by atoms with Crippen molar-refractivity contribution in [3.05, 3.63) is 34.9 Å². The molecule has 0 atom stereocenters. The maximum atomic E-state index is 9.49. The van der Waals surface area contributed by atoms with Crippen LogP contribution in [0.3, 0.4) is 0 Å². The summed E-state index contributed by atoms with van der Waals surface area (Å²) >= 11 is 5.78. The van der Waals surface area contributed by atoms with Crippen LogP contribution in [0.2, 0.25) is 5.02 Å². The van der Waals surface area contributed by atoms with E-state index in [0.29, 0.717) is 22.9 Å². The van der Waals surface area contributed by atoms with Gasteiger partial charge in [0.2, 0.25) is 0 Å². The fraction of sp³-hybridized carbons (Fsp3) is 0.111. The number of nitrogens with one attached hydrogen (secondary N) is 1. The normalized spacial score (nSPS) is 15.3. The summed E-state index contributed by atoms with van der Waals surface area (Å²) in [6.45, 7) is 0.640. The maximum Gasteiger partial charge on any atom is 0.155 e. The van der Waals surface area contributed by atoms with Gasteiger partial charge < -0.3 is 9.94 Å². The van der Waals surface area contributed by atoms with E-state index in [-0.39, 0.29) is 5.75 Å². The molecule has 4 heteroatoms. The van der Waals surface area contributed by atoms with Gasteiger partial charge in [0.25, 0.3) is 0 Å². The number of rotatable bonds is 1. The van der Waals surface area contributed by atoms with E-state index in [2.05, 4.69) is 5.48 Å². The molecule has 1 aliphatic heterocycles. The van der Waals surface area contributed by atoms with Crippen molar-refractivity contribution in [2.45, 2.75) is 0 Å². The van der Waals surface area contributed by atoms with E-state index in [0.717, 1.165) is 0 Å². The Kier molecular flexibility index (Phi) is 2.12. The Bertz CT molecular complexity index is 363. The summed E-state index contributed by atoms with van der Waals surface area (Å²) in [5.74, 6) is 0.777. The zero-order chi connectivity index (χ0) is 9.26. The predicted molar refractivity (Wildman–Crippen MR) is 50.2 cm³/mol. The summed E-state index contributed by atoms with van der Waals surface area (Å²) in [7, 11) is 0. The number of hydrogen-bond acceptors (Lipinski definition) is 3. The van der Waals surface area contributed by atoms with Crippen LogP contribution >= 0.6 is 11.6 Å². The van der Waals surface area contributed by atoms with Gasteiger partial charge in [-0.05, 0) is 24.3 Å². The number of hydroxylamine groups is 1. The predicted octanol–water partition coefficient (Wildman–Crippen LogP) is 1.92. The minimum absolute atomic E-state index is 0.166. The van der Waals surface area contributed by atoms with E-state index in [9.17, 15) is 5.11 Å². The molecule has 0 saturated carbocycles. The molecule has 2 N–H and O–H groups in total. The highest BCUT2D eigenvalue weighted by Gasteiger charge is 2.12. The van der Waals surface area contributed by atoms with E-state index < -0.39 is 0 Å². The molecular weight excluding hydrogens is 190 g/mol. The molecule has 1 aromatic carbocycles. The summed E-state index contributed by atoms with van der Waals surface area (Å²) < 4.78 is 0. The van der Waals surface area contributed by atoms with Crippen LogP contribution in [-0.2, 0) is 4.84 Å². The SMILES string of the molecule is Oc1ccc(Cl)cc1C1=CCNO1. The van der Waals surface area contributed by atoms with E-state index in [1.54, 1.807) is 18.2 Å². The lowest BCUT2D eigenvalue weighted by Gasteiger charge is -2.05. The molecule has 0 unspecified atom stereocenters. The largest absolute Gasteiger partial charge is 0.507 e. The number of halogens is 1. The van der Waals surface area contributed by atoms with Gasteiger partial charge in [-0.2, -0.15) is 5.48 Å². The van der Waals surface area contributed by atoms with Gasteiger partial charge in [-0.1, -0.05) is 11.6 Å². The first kappa shape index (κ1) is 8.41. The Morgan fingerprint density at radius 2 is 2.31 bits per heavy atom. The van der Waals surface area contributed by atoms with Crippen LogP contribution in [0, 0.1) is 0 Å². The number of phenolic OH excluding ortho intramolecular Hbond substituents is 1. The summed E-state index contributed by atoms with van der Waals surface area (Å²) in [5.41, 5.74) is 3.28. The van der Waals surface area contributed by atoms with E-state index in [1.165, 1.54) is 0 Å². The Morgan fingerprint density at radius 1 is 1.46 bits per heavy atom. The van der Waals surface area contributed by atoms with Gasteiger partial charge in [0.05, 0.1) is 12.1 Å². The second-order valence-corrected chi connectivity index (χ2v) is 3.12. The lowest BCUT2D eigenvalue weighted by atomic mass is 10.1. The third-order valence-corrected chi connectivity index (χ3v) is 2.01. The van der Waals surface area contributed by atoms with Crippen LogP contribution in [-0.4, -0.2) is 11.7 Å². The molecular formula is C9H8ClNO2. The minimum atomic E-state index is 0.166. The zero-order valence-corrected chi connectivity index (χ0v) is 7.51. The third-order valence-electron chi connectivity index (χ3n) is 1.78. The minimum Gasteiger partial charge on any atom is -0.507 e. The van der Waals surface area contributed by atoms with Crippen molar-refractivity contribution in [3.8, 4) is 5.75 Å². The first-order chi connectivity index (χ1) is 6.27. The van der Waals surface area contributed by atoms with Crippen LogP contribution in [0.15, 0.2) is 24.3 Å². The molecule has 0 spiro atoms. The summed E-state index contributed by atoms with van der Waals surface area (Å²) in [6.07, 6.45) is 1.84. The van der Waals surface area contributed by atoms with Crippen molar-refractivity contribution in [1.82, 2.24) is 5.48 Å². The molecule has 0 radical (unpaired) electrons. The molecule has 2 rings (SSSR count). The molecule has 1 heterocycles. The average Bonchev–Trinajstić information content (AvgIpc) is 2.61. The molecule has 0 bridgehead atoms. The molecule has 0 aromatic heterocycles.